The van der Waals surface area contributed by atoms with Gasteiger partial charge in [-0.1, -0.05) is 0 Å². The fourth-order valence-corrected chi connectivity index (χ4v) is 7.67. The van der Waals surface area contributed by atoms with E-state index in [1.807, 2.05) is 0 Å². The molecular formula is C6H6O15S5. The first-order valence-corrected chi connectivity index (χ1v) is 12.4. The monoisotopic (exact) mass is 478 g/mol. The van der Waals surface area contributed by atoms with Gasteiger partial charge in [-0.05, 0) is 6.07 Å². The Morgan fingerprint density at radius 1 is 0.423 bits per heavy atom. The Morgan fingerprint density at radius 2 is 0.654 bits per heavy atom. The minimum Gasteiger partial charge on any atom is -0.282 e. The maximum Gasteiger partial charge on any atom is 0.297 e. The summed E-state index contributed by atoms with van der Waals surface area (Å²) in [5.74, 6) is 0. The third kappa shape index (κ3) is 4.54. The van der Waals surface area contributed by atoms with E-state index in [4.69, 9.17) is 22.8 Å². The van der Waals surface area contributed by atoms with E-state index in [-0.39, 0.29) is 0 Å². The molecule has 0 bridgehead atoms. The minimum absolute atomic E-state index is 0.578. The zero-order valence-corrected chi connectivity index (χ0v) is 15.5. The lowest BCUT2D eigenvalue weighted by atomic mass is 10.3. The zero-order chi connectivity index (χ0) is 21.1. The Bertz CT molecular complexity index is 1220. The van der Waals surface area contributed by atoms with E-state index in [0.717, 1.165) is 0 Å². The normalized spacial score (nSPS) is 14.3. The maximum atomic E-state index is 11.4. The second-order valence-corrected chi connectivity index (χ2v) is 11.1. The largest absolute Gasteiger partial charge is 0.297 e. The Balaban J connectivity index is 4.84. The standard InChI is InChI=1S/C6H6O15S5/c7-22(8,9)2-1-3(23(10,11)12)5(25(16,17)18)6(26(19,20)21)4(2)24(13,14)15/h1H,(H,7,8,9)(H,10,11,12)(H,13,14,15)(H,16,17,18)(H,19,20,21). The molecular weight excluding hydrogens is 472 g/mol. The highest BCUT2D eigenvalue weighted by Crippen LogP contribution is 2.38. The first-order chi connectivity index (χ1) is 11.1. The van der Waals surface area contributed by atoms with Gasteiger partial charge in [-0.25, -0.2) is 0 Å². The summed E-state index contributed by atoms with van der Waals surface area (Å²) < 4.78 is 158. The highest BCUT2D eigenvalue weighted by molar-refractivity contribution is 7.92. The van der Waals surface area contributed by atoms with Crippen LogP contribution in [0.15, 0.2) is 30.5 Å². The van der Waals surface area contributed by atoms with E-state index in [0.29, 0.717) is 0 Å². The first-order valence-electron chi connectivity index (χ1n) is 5.18. The predicted octanol–water partition coefficient (Wildman–Crippen LogP) is -2.08. The average molecular weight is 478 g/mol. The molecule has 1 rings (SSSR count). The van der Waals surface area contributed by atoms with E-state index in [1.54, 1.807) is 0 Å². The fraction of sp³-hybridized carbons (Fsp3) is 0. The number of rotatable bonds is 5. The van der Waals surface area contributed by atoms with Gasteiger partial charge in [0.25, 0.3) is 50.6 Å². The van der Waals surface area contributed by atoms with Crippen molar-refractivity contribution in [3.05, 3.63) is 6.07 Å². The van der Waals surface area contributed by atoms with Crippen LogP contribution >= 0.6 is 0 Å². The summed E-state index contributed by atoms with van der Waals surface area (Å²) >= 11 is 0. The highest BCUT2D eigenvalue weighted by atomic mass is 32.2. The molecule has 26 heavy (non-hydrogen) atoms. The third-order valence-electron chi connectivity index (χ3n) is 2.45. The zero-order valence-electron chi connectivity index (χ0n) is 11.4. The first kappa shape index (κ1) is 22.8. The van der Waals surface area contributed by atoms with Gasteiger partial charge >= 0.3 is 0 Å². The van der Waals surface area contributed by atoms with Gasteiger partial charge in [0.05, 0.1) is 0 Å². The third-order valence-corrected chi connectivity index (χ3v) is 7.53. The molecule has 0 atom stereocenters. The summed E-state index contributed by atoms with van der Waals surface area (Å²) in [7, 11) is -30.3. The second kappa shape index (κ2) is 6.15. The Hall–Kier alpha value is -1.23. The van der Waals surface area contributed by atoms with Crippen molar-refractivity contribution in [3.8, 4) is 0 Å². The van der Waals surface area contributed by atoms with Crippen molar-refractivity contribution >= 4 is 50.6 Å². The molecule has 0 aromatic heterocycles. The van der Waals surface area contributed by atoms with E-state index in [1.165, 1.54) is 0 Å². The molecule has 15 nitrogen and oxygen atoms in total. The summed E-state index contributed by atoms with van der Waals surface area (Å²) in [6, 6.07) is -0.578. The van der Waals surface area contributed by atoms with E-state index >= 15 is 0 Å². The van der Waals surface area contributed by atoms with Crippen LogP contribution in [0.1, 0.15) is 0 Å². The quantitative estimate of drug-likeness (QED) is 0.284. The molecule has 0 saturated heterocycles. The van der Waals surface area contributed by atoms with Crippen LogP contribution in [-0.4, -0.2) is 64.9 Å². The molecule has 0 aliphatic heterocycles. The van der Waals surface area contributed by atoms with Crippen LogP contribution in [0.3, 0.4) is 0 Å². The smallest absolute Gasteiger partial charge is 0.282 e. The lowest BCUT2D eigenvalue weighted by Crippen LogP contribution is -2.21. The van der Waals surface area contributed by atoms with Gasteiger partial charge in [0, 0.05) is 0 Å². The van der Waals surface area contributed by atoms with Crippen molar-refractivity contribution < 1.29 is 64.9 Å². The van der Waals surface area contributed by atoms with Gasteiger partial charge < -0.3 is 0 Å². The molecule has 0 saturated carbocycles. The topological polar surface area (TPSA) is 272 Å². The van der Waals surface area contributed by atoms with Gasteiger partial charge in [-0.15, -0.1) is 0 Å². The SMILES string of the molecule is O=S(=O)(O)c1cc(S(=O)(=O)O)c(S(=O)(=O)O)c(S(=O)(=O)O)c1S(=O)(=O)O. The maximum absolute atomic E-state index is 11.4. The van der Waals surface area contributed by atoms with Gasteiger partial charge in [0.2, 0.25) is 0 Å². The molecule has 0 unspecified atom stereocenters. The van der Waals surface area contributed by atoms with Crippen molar-refractivity contribution in [1.82, 2.24) is 0 Å². The highest BCUT2D eigenvalue weighted by Gasteiger charge is 2.42. The summed E-state index contributed by atoms with van der Waals surface area (Å²) in [4.78, 5) is -12.1. The van der Waals surface area contributed by atoms with Crippen molar-refractivity contribution in [2.75, 3.05) is 0 Å². The van der Waals surface area contributed by atoms with Gasteiger partial charge in [-0.3, -0.25) is 22.8 Å². The predicted molar refractivity (Wildman–Crippen MR) is 75.5 cm³/mol. The molecule has 5 N–H and O–H groups in total. The second-order valence-electron chi connectivity index (χ2n) is 4.24. The van der Waals surface area contributed by atoms with Gasteiger partial charge in [-0.2, -0.15) is 42.1 Å². The molecule has 1 aromatic rings. The molecule has 0 fully saturated rings. The van der Waals surface area contributed by atoms with Crippen LogP contribution in [0.5, 0.6) is 0 Å². The minimum atomic E-state index is -6.23. The van der Waals surface area contributed by atoms with Crippen LogP contribution < -0.4 is 0 Å². The molecule has 0 heterocycles. The molecule has 0 spiro atoms. The Morgan fingerprint density at radius 3 is 0.808 bits per heavy atom. The van der Waals surface area contributed by atoms with E-state index < -0.39 is 81.1 Å². The summed E-state index contributed by atoms with van der Waals surface area (Å²) in [5.41, 5.74) is 0. The molecule has 0 aliphatic carbocycles. The molecule has 0 amide bonds. The molecule has 0 radical (unpaired) electrons. The van der Waals surface area contributed by atoms with Crippen LogP contribution in [0.2, 0.25) is 0 Å². The molecule has 150 valence electrons. The van der Waals surface area contributed by atoms with E-state index in [9.17, 15) is 42.1 Å². The molecule has 20 heteroatoms. The summed E-state index contributed by atoms with van der Waals surface area (Å²) in [5, 5.41) is 0. The fourth-order valence-electron chi connectivity index (χ4n) is 1.68. The summed E-state index contributed by atoms with van der Waals surface area (Å²) in [6.45, 7) is 0. The number of hydrogen-bond acceptors (Lipinski definition) is 10. The lowest BCUT2D eigenvalue weighted by molar-refractivity contribution is 0.438. The number of benzene rings is 1. The van der Waals surface area contributed by atoms with Crippen molar-refractivity contribution in [2.45, 2.75) is 24.5 Å². The summed E-state index contributed by atoms with van der Waals surface area (Å²) in [6.07, 6.45) is 0. The Labute approximate surface area is 146 Å². The van der Waals surface area contributed by atoms with Crippen LogP contribution in [0, 0.1) is 0 Å². The van der Waals surface area contributed by atoms with Crippen LogP contribution in [0.25, 0.3) is 0 Å². The molecule has 0 aliphatic rings. The Kier molecular flexibility index (Phi) is 5.39. The van der Waals surface area contributed by atoms with Gasteiger partial charge in [0.15, 0.2) is 0 Å². The average Bonchev–Trinajstić information content (AvgIpc) is 2.30. The van der Waals surface area contributed by atoms with Crippen LogP contribution in [0.4, 0.5) is 0 Å². The van der Waals surface area contributed by atoms with Crippen molar-refractivity contribution in [1.29, 1.82) is 0 Å². The van der Waals surface area contributed by atoms with Gasteiger partial charge in [0.1, 0.15) is 24.5 Å². The van der Waals surface area contributed by atoms with Crippen molar-refractivity contribution in [2.24, 2.45) is 0 Å². The van der Waals surface area contributed by atoms with E-state index in [2.05, 4.69) is 0 Å². The van der Waals surface area contributed by atoms with Crippen molar-refractivity contribution in [3.63, 3.8) is 0 Å². The lowest BCUT2D eigenvalue weighted by Gasteiger charge is -2.15. The molecule has 1 aromatic carbocycles. The number of hydrogen-bond donors (Lipinski definition) is 5. The van der Waals surface area contributed by atoms with Crippen LogP contribution in [-0.2, 0) is 50.6 Å².